The summed E-state index contributed by atoms with van der Waals surface area (Å²) in [5, 5.41) is 7.92. The maximum Gasteiger partial charge on any atom is 0.303 e. The van der Waals surface area contributed by atoms with E-state index in [-0.39, 0.29) is 11.3 Å². The van der Waals surface area contributed by atoms with Gasteiger partial charge in [-0.1, -0.05) is 18.2 Å². The van der Waals surface area contributed by atoms with Crippen molar-refractivity contribution in [1.82, 2.24) is 0 Å². The molecule has 0 aliphatic heterocycles. The lowest BCUT2D eigenvalue weighted by molar-refractivity contribution is -0.136. The minimum atomic E-state index is -3.37. The van der Waals surface area contributed by atoms with Gasteiger partial charge in [0.2, 0.25) is 0 Å². The van der Waals surface area contributed by atoms with Gasteiger partial charge in [0.1, 0.15) is 0 Å². The van der Waals surface area contributed by atoms with Gasteiger partial charge < -0.3 is 5.11 Å². The summed E-state index contributed by atoms with van der Waals surface area (Å²) in [7, 11) is -3.37. The van der Waals surface area contributed by atoms with Gasteiger partial charge in [-0.2, -0.15) is 0 Å². The lowest BCUT2D eigenvalue weighted by Gasteiger charge is -2.09. The third-order valence-corrected chi connectivity index (χ3v) is 4.80. The van der Waals surface area contributed by atoms with Crippen LogP contribution in [0.2, 0.25) is 0 Å². The van der Waals surface area contributed by atoms with Crippen molar-refractivity contribution in [3.63, 3.8) is 0 Å². The number of aryl methyl sites for hydroxylation is 1. The highest BCUT2D eigenvalue weighted by Gasteiger charge is 2.20. The van der Waals surface area contributed by atoms with Gasteiger partial charge in [0.15, 0.2) is 9.84 Å². The quantitative estimate of drug-likeness (QED) is 0.801. The van der Waals surface area contributed by atoms with Crippen LogP contribution in [0.5, 0.6) is 0 Å². The van der Waals surface area contributed by atoms with E-state index in [2.05, 4.69) is 6.58 Å². The summed E-state index contributed by atoms with van der Waals surface area (Å²) >= 11 is 0. The van der Waals surface area contributed by atoms with Crippen molar-refractivity contribution in [2.75, 3.05) is 0 Å². The van der Waals surface area contributed by atoms with Gasteiger partial charge in [0.25, 0.3) is 0 Å². The zero-order valence-electron chi connectivity index (χ0n) is 10.2. The van der Waals surface area contributed by atoms with Crippen molar-refractivity contribution in [3.8, 4) is 0 Å². The molecule has 0 bridgehead atoms. The van der Waals surface area contributed by atoms with Crippen LogP contribution in [0, 0.1) is 0 Å². The monoisotopic (exact) mass is 268 g/mol. The molecular formula is C13H16O4S. The van der Waals surface area contributed by atoms with E-state index in [1.165, 1.54) is 18.2 Å². The zero-order chi connectivity index (χ0) is 13.8. The second-order valence-electron chi connectivity index (χ2n) is 4.02. The first-order chi connectivity index (χ1) is 8.37. The normalized spacial score (nSPS) is 12.9. The second-order valence-corrected chi connectivity index (χ2v) is 6.33. The lowest BCUT2D eigenvalue weighted by Crippen LogP contribution is -2.15. The Labute approximate surface area is 107 Å². The van der Waals surface area contributed by atoms with Gasteiger partial charge >= 0.3 is 5.97 Å². The summed E-state index contributed by atoms with van der Waals surface area (Å²) in [6.07, 6.45) is 1.81. The predicted molar refractivity (Wildman–Crippen MR) is 69.2 cm³/mol. The van der Waals surface area contributed by atoms with E-state index < -0.39 is 21.1 Å². The molecule has 98 valence electrons. The van der Waals surface area contributed by atoms with Crippen LogP contribution in [0.4, 0.5) is 0 Å². The first-order valence-electron chi connectivity index (χ1n) is 5.55. The Kier molecular flexibility index (Phi) is 4.67. The van der Waals surface area contributed by atoms with Gasteiger partial charge in [-0.05, 0) is 31.0 Å². The number of benzene rings is 1. The summed E-state index contributed by atoms with van der Waals surface area (Å²) in [5.41, 5.74) is 0.808. The number of sulfone groups is 1. The molecule has 0 aliphatic carbocycles. The van der Waals surface area contributed by atoms with Crippen molar-refractivity contribution in [3.05, 3.63) is 42.5 Å². The topological polar surface area (TPSA) is 71.4 Å². The van der Waals surface area contributed by atoms with Crippen LogP contribution in [-0.4, -0.2) is 24.7 Å². The SMILES string of the molecule is C=CC(C)S(=O)(=O)c1ccc(CCC(=O)O)cc1. The van der Waals surface area contributed by atoms with Gasteiger partial charge in [0.05, 0.1) is 10.1 Å². The molecular weight excluding hydrogens is 252 g/mol. The average molecular weight is 268 g/mol. The molecule has 1 atom stereocenters. The largest absolute Gasteiger partial charge is 0.481 e. The number of rotatable bonds is 6. The molecule has 1 aromatic carbocycles. The molecule has 0 heterocycles. The average Bonchev–Trinajstić information content (AvgIpc) is 2.35. The molecule has 0 aliphatic rings. The van der Waals surface area contributed by atoms with E-state index in [0.29, 0.717) is 6.42 Å². The maximum atomic E-state index is 12.0. The number of hydrogen-bond acceptors (Lipinski definition) is 3. The fraction of sp³-hybridized carbons (Fsp3) is 0.308. The molecule has 0 radical (unpaired) electrons. The summed E-state index contributed by atoms with van der Waals surface area (Å²) in [4.78, 5) is 10.7. The highest BCUT2D eigenvalue weighted by atomic mass is 32.2. The van der Waals surface area contributed by atoms with Gasteiger partial charge in [0, 0.05) is 6.42 Å². The molecule has 0 spiro atoms. The van der Waals surface area contributed by atoms with E-state index in [1.54, 1.807) is 19.1 Å². The van der Waals surface area contributed by atoms with Crippen molar-refractivity contribution in [1.29, 1.82) is 0 Å². The van der Waals surface area contributed by atoms with Crippen LogP contribution in [-0.2, 0) is 21.1 Å². The van der Waals surface area contributed by atoms with Crippen LogP contribution in [0.1, 0.15) is 18.9 Å². The first kappa shape index (κ1) is 14.4. The fourth-order valence-corrected chi connectivity index (χ4v) is 2.64. The third-order valence-electron chi connectivity index (χ3n) is 2.70. The molecule has 1 aromatic rings. The Morgan fingerprint density at radius 1 is 1.39 bits per heavy atom. The molecule has 18 heavy (non-hydrogen) atoms. The van der Waals surface area contributed by atoms with Gasteiger partial charge in [-0.15, -0.1) is 6.58 Å². The molecule has 0 saturated heterocycles. The molecule has 5 heteroatoms. The standard InChI is InChI=1S/C13H16O4S/c1-3-10(2)18(16,17)12-7-4-11(5-8-12)6-9-13(14)15/h3-5,7-8,10H,1,6,9H2,2H3,(H,14,15). The number of carboxylic acids is 1. The molecule has 4 nitrogen and oxygen atoms in total. The van der Waals surface area contributed by atoms with Crippen molar-refractivity contribution in [2.45, 2.75) is 29.9 Å². The number of hydrogen-bond donors (Lipinski definition) is 1. The summed E-state index contributed by atoms with van der Waals surface area (Å²) in [6, 6.07) is 6.30. The van der Waals surface area contributed by atoms with Crippen LogP contribution >= 0.6 is 0 Å². The molecule has 0 saturated carbocycles. The molecule has 1 unspecified atom stereocenters. The Balaban J connectivity index is 2.89. The summed E-state index contributed by atoms with van der Waals surface area (Å²) < 4.78 is 24.0. The molecule has 0 fully saturated rings. The fourth-order valence-electron chi connectivity index (χ4n) is 1.44. The van der Waals surface area contributed by atoms with E-state index in [1.807, 2.05) is 0 Å². The Hall–Kier alpha value is -1.62. The number of carboxylic acid groups (broad SMARTS) is 1. The van der Waals surface area contributed by atoms with E-state index in [9.17, 15) is 13.2 Å². The molecule has 1 N–H and O–H groups in total. The van der Waals surface area contributed by atoms with Crippen molar-refractivity contribution < 1.29 is 18.3 Å². The van der Waals surface area contributed by atoms with Gasteiger partial charge in [-0.3, -0.25) is 4.79 Å². The number of aliphatic carboxylic acids is 1. The minimum Gasteiger partial charge on any atom is -0.481 e. The van der Waals surface area contributed by atoms with Crippen LogP contribution in [0.15, 0.2) is 41.8 Å². The van der Waals surface area contributed by atoms with E-state index in [0.717, 1.165) is 5.56 Å². The Morgan fingerprint density at radius 3 is 2.39 bits per heavy atom. The zero-order valence-corrected chi connectivity index (χ0v) is 11.0. The Bertz CT molecular complexity index is 529. The summed E-state index contributed by atoms with van der Waals surface area (Å²) in [5.74, 6) is -0.869. The second kappa shape index (κ2) is 5.82. The van der Waals surface area contributed by atoms with E-state index >= 15 is 0 Å². The maximum absolute atomic E-state index is 12.0. The molecule has 1 rings (SSSR count). The lowest BCUT2D eigenvalue weighted by atomic mass is 10.1. The first-order valence-corrected chi connectivity index (χ1v) is 7.09. The summed E-state index contributed by atoms with van der Waals surface area (Å²) in [6.45, 7) is 5.04. The Morgan fingerprint density at radius 2 is 1.94 bits per heavy atom. The van der Waals surface area contributed by atoms with Crippen LogP contribution in [0.3, 0.4) is 0 Å². The van der Waals surface area contributed by atoms with Crippen LogP contribution < -0.4 is 0 Å². The van der Waals surface area contributed by atoms with E-state index in [4.69, 9.17) is 5.11 Å². The third kappa shape index (κ3) is 3.43. The predicted octanol–water partition coefficient (Wildman–Crippen LogP) is 2.05. The van der Waals surface area contributed by atoms with Crippen LogP contribution in [0.25, 0.3) is 0 Å². The molecule has 0 amide bonds. The van der Waals surface area contributed by atoms with Gasteiger partial charge in [-0.25, -0.2) is 8.42 Å². The molecule has 0 aromatic heterocycles. The minimum absolute atomic E-state index is 0.0369. The number of carbonyl (C=O) groups is 1. The van der Waals surface area contributed by atoms with Crippen molar-refractivity contribution in [2.24, 2.45) is 0 Å². The smallest absolute Gasteiger partial charge is 0.303 e. The highest BCUT2D eigenvalue weighted by molar-refractivity contribution is 7.92. The van der Waals surface area contributed by atoms with Crippen molar-refractivity contribution >= 4 is 15.8 Å². The highest BCUT2D eigenvalue weighted by Crippen LogP contribution is 2.17.